The standard InChI is InChI=1S/C24H15BrCl3N3O2/c25-19-13-31(12-14-5-10-20(27)21(28)11-14)30-23(19)29-24(33)18-4-2-1-3-17(18)22(32)15-6-8-16(26)9-7-15/h1-11,13H,12H2,(H,29,30,33). The van der Waals surface area contributed by atoms with Crippen LogP contribution in [-0.4, -0.2) is 21.5 Å². The Balaban J connectivity index is 1.55. The molecule has 3 aromatic carbocycles. The van der Waals surface area contributed by atoms with Gasteiger partial charge in [0, 0.05) is 22.3 Å². The molecular weight excluding hydrogens is 549 g/mol. The Morgan fingerprint density at radius 1 is 0.909 bits per heavy atom. The molecule has 5 nitrogen and oxygen atoms in total. The molecule has 0 saturated carbocycles. The number of nitrogens with one attached hydrogen (secondary N) is 1. The summed E-state index contributed by atoms with van der Waals surface area (Å²) in [7, 11) is 0. The summed E-state index contributed by atoms with van der Waals surface area (Å²) in [4.78, 5) is 26.0. The van der Waals surface area contributed by atoms with Crippen LogP contribution in [0.1, 0.15) is 31.8 Å². The van der Waals surface area contributed by atoms with Crippen LogP contribution in [0, 0.1) is 0 Å². The van der Waals surface area contributed by atoms with Gasteiger partial charge in [-0.2, -0.15) is 5.10 Å². The van der Waals surface area contributed by atoms with Crippen molar-refractivity contribution < 1.29 is 9.59 Å². The lowest BCUT2D eigenvalue weighted by Crippen LogP contribution is -2.17. The van der Waals surface area contributed by atoms with Crippen LogP contribution in [-0.2, 0) is 6.54 Å². The van der Waals surface area contributed by atoms with Gasteiger partial charge in [-0.3, -0.25) is 14.3 Å². The van der Waals surface area contributed by atoms with Crippen molar-refractivity contribution in [1.29, 1.82) is 0 Å². The van der Waals surface area contributed by atoms with E-state index in [-0.39, 0.29) is 16.9 Å². The predicted octanol–water partition coefficient (Wildman–Crippen LogP) is 7.14. The summed E-state index contributed by atoms with van der Waals surface area (Å²) in [6.07, 6.45) is 1.74. The van der Waals surface area contributed by atoms with Crippen LogP contribution in [0.3, 0.4) is 0 Å². The fraction of sp³-hybridized carbons (Fsp3) is 0.0417. The first-order chi connectivity index (χ1) is 15.8. The van der Waals surface area contributed by atoms with Crippen molar-refractivity contribution in [1.82, 2.24) is 9.78 Å². The summed E-state index contributed by atoms with van der Waals surface area (Å²) < 4.78 is 2.25. The van der Waals surface area contributed by atoms with Gasteiger partial charge < -0.3 is 5.32 Å². The van der Waals surface area contributed by atoms with Crippen molar-refractivity contribution in [2.75, 3.05) is 5.32 Å². The van der Waals surface area contributed by atoms with Gasteiger partial charge in [-0.25, -0.2) is 0 Å². The lowest BCUT2D eigenvalue weighted by Gasteiger charge is -2.09. The molecule has 0 unspecified atom stereocenters. The number of halogens is 4. The highest BCUT2D eigenvalue weighted by Gasteiger charge is 2.20. The van der Waals surface area contributed by atoms with Crippen LogP contribution in [0.25, 0.3) is 0 Å². The van der Waals surface area contributed by atoms with Gasteiger partial charge in [0.15, 0.2) is 11.6 Å². The van der Waals surface area contributed by atoms with Crippen molar-refractivity contribution in [2.24, 2.45) is 0 Å². The highest BCUT2D eigenvalue weighted by atomic mass is 79.9. The lowest BCUT2D eigenvalue weighted by atomic mass is 9.98. The summed E-state index contributed by atoms with van der Waals surface area (Å²) in [5.74, 6) is -0.399. The van der Waals surface area contributed by atoms with Crippen LogP contribution < -0.4 is 5.32 Å². The van der Waals surface area contributed by atoms with Crippen LogP contribution in [0.2, 0.25) is 15.1 Å². The molecule has 0 fully saturated rings. The molecule has 166 valence electrons. The van der Waals surface area contributed by atoms with Gasteiger partial charge in [0.1, 0.15) is 0 Å². The molecule has 1 amide bonds. The number of aromatic nitrogens is 2. The van der Waals surface area contributed by atoms with E-state index in [1.807, 2.05) is 6.07 Å². The second-order valence-corrected chi connectivity index (χ2v) is 9.21. The molecule has 0 atom stereocenters. The van der Waals surface area contributed by atoms with Gasteiger partial charge in [-0.15, -0.1) is 0 Å². The van der Waals surface area contributed by atoms with Crippen LogP contribution in [0.4, 0.5) is 5.82 Å². The fourth-order valence-electron chi connectivity index (χ4n) is 3.20. The second kappa shape index (κ2) is 10.1. The molecule has 0 radical (unpaired) electrons. The Labute approximate surface area is 213 Å². The van der Waals surface area contributed by atoms with Crippen LogP contribution >= 0.6 is 50.7 Å². The Hall–Kier alpha value is -2.64. The average Bonchev–Trinajstić information content (AvgIpc) is 3.14. The number of nitrogens with zero attached hydrogens (tertiary/aromatic N) is 2. The highest BCUT2D eigenvalue weighted by molar-refractivity contribution is 9.10. The topological polar surface area (TPSA) is 64.0 Å². The normalized spacial score (nSPS) is 10.8. The van der Waals surface area contributed by atoms with Crippen molar-refractivity contribution in [2.45, 2.75) is 6.54 Å². The van der Waals surface area contributed by atoms with Crippen molar-refractivity contribution in [3.8, 4) is 0 Å². The zero-order valence-corrected chi connectivity index (χ0v) is 20.7. The Morgan fingerprint density at radius 2 is 1.61 bits per heavy atom. The fourth-order valence-corrected chi connectivity index (χ4v) is 4.06. The molecule has 33 heavy (non-hydrogen) atoms. The largest absolute Gasteiger partial charge is 0.304 e. The minimum absolute atomic E-state index is 0.239. The number of anilines is 1. The van der Waals surface area contributed by atoms with E-state index in [9.17, 15) is 9.59 Å². The quantitative estimate of drug-likeness (QED) is 0.254. The monoisotopic (exact) mass is 561 g/mol. The molecule has 4 rings (SSSR count). The van der Waals surface area contributed by atoms with E-state index in [4.69, 9.17) is 34.8 Å². The number of carbonyl (C=O) groups is 2. The molecule has 0 aliphatic carbocycles. The third kappa shape index (κ3) is 5.47. The summed E-state index contributed by atoms with van der Waals surface area (Å²) in [6.45, 7) is 0.428. The first kappa shape index (κ1) is 23.5. The van der Waals surface area contributed by atoms with Crippen molar-refractivity contribution in [3.05, 3.63) is 115 Å². The Bertz CT molecular complexity index is 1350. The number of hydrogen-bond acceptors (Lipinski definition) is 3. The second-order valence-electron chi connectivity index (χ2n) is 7.11. The number of rotatable bonds is 6. The maximum Gasteiger partial charge on any atom is 0.257 e. The molecule has 0 bridgehead atoms. The number of carbonyl (C=O) groups excluding carboxylic acids is 2. The maximum absolute atomic E-state index is 13.0. The van der Waals surface area contributed by atoms with E-state index in [1.54, 1.807) is 71.5 Å². The minimum atomic E-state index is -0.451. The molecule has 0 spiro atoms. The Kier molecular flexibility index (Phi) is 7.20. The molecule has 1 N–H and O–H groups in total. The van der Waals surface area contributed by atoms with Gasteiger partial charge in [0.05, 0.1) is 26.6 Å². The molecule has 4 aromatic rings. The van der Waals surface area contributed by atoms with Crippen LogP contribution in [0.15, 0.2) is 77.4 Å². The minimum Gasteiger partial charge on any atom is -0.304 e. The van der Waals surface area contributed by atoms with E-state index in [1.165, 1.54) is 0 Å². The summed E-state index contributed by atoms with van der Waals surface area (Å²) in [6, 6.07) is 18.5. The molecule has 1 aromatic heterocycles. The third-order valence-electron chi connectivity index (χ3n) is 4.80. The lowest BCUT2D eigenvalue weighted by molar-refractivity contribution is 0.0996. The van der Waals surface area contributed by atoms with E-state index in [0.29, 0.717) is 37.5 Å². The first-order valence-electron chi connectivity index (χ1n) is 9.69. The number of amides is 1. The van der Waals surface area contributed by atoms with E-state index < -0.39 is 5.91 Å². The number of hydrogen-bond donors (Lipinski definition) is 1. The molecular formula is C24H15BrCl3N3O2. The zero-order chi connectivity index (χ0) is 23.5. The van der Waals surface area contributed by atoms with Gasteiger partial charge in [-0.1, -0.05) is 59.1 Å². The number of ketones is 1. The predicted molar refractivity (Wildman–Crippen MR) is 135 cm³/mol. The van der Waals surface area contributed by atoms with Crippen molar-refractivity contribution >= 4 is 68.2 Å². The molecule has 0 saturated heterocycles. The summed E-state index contributed by atoms with van der Waals surface area (Å²) in [5.41, 5.74) is 1.86. The third-order valence-corrected chi connectivity index (χ3v) is 6.37. The molecule has 0 aliphatic heterocycles. The van der Waals surface area contributed by atoms with Gasteiger partial charge in [0.2, 0.25) is 0 Å². The summed E-state index contributed by atoms with van der Waals surface area (Å²) >= 11 is 21.4. The first-order valence-corrected chi connectivity index (χ1v) is 11.6. The molecule has 1 heterocycles. The number of benzene rings is 3. The van der Waals surface area contributed by atoms with Gasteiger partial charge in [-0.05, 0) is 64.0 Å². The van der Waals surface area contributed by atoms with Gasteiger partial charge in [0.25, 0.3) is 5.91 Å². The molecule has 0 aliphatic rings. The smallest absolute Gasteiger partial charge is 0.257 e. The zero-order valence-electron chi connectivity index (χ0n) is 16.9. The van der Waals surface area contributed by atoms with E-state index in [0.717, 1.165) is 5.56 Å². The van der Waals surface area contributed by atoms with Gasteiger partial charge >= 0.3 is 0 Å². The van der Waals surface area contributed by atoms with E-state index >= 15 is 0 Å². The Morgan fingerprint density at radius 3 is 2.30 bits per heavy atom. The maximum atomic E-state index is 13.0. The average molecular weight is 564 g/mol. The van der Waals surface area contributed by atoms with Crippen LogP contribution in [0.5, 0.6) is 0 Å². The van der Waals surface area contributed by atoms with Crippen molar-refractivity contribution in [3.63, 3.8) is 0 Å². The van der Waals surface area contributed by atoms with E-state index in [2.05, 4.69) is 26.3 Å². The molecule has 9 heteroatoms. The SMILES string of the molecule is O=C(Nc1nn(Cc2ccc(Cl)c(Cl)c2)cc1Br)c1ccccc1C(=O)c1ccc(Cl)cc1. The highest BCUT2D eigenvalue weighted by Crippen LogP contribution is 2.25. The summed E-state index contributed by atoms with van der Waals surface area (Å²) in [5, 5.41) is 8.65.